The predicted molar refractivity (Wildman–Crippen MR) is 116 cm³/mol. The molecule has 8 heteroatoms. The van der Waals surface area contributed by atoms with Crippen molar-refractivity contribution in [3.8, 4) is 5.75 Å². The number of nitrogens with zero attached hydrogens (tertiary/aromatic N) is 2. The van der Waals surface area contributed by atoms with Crippen molar-refractivity contribution < 1.29 is 9.53 Å². The number of ether oxygens (including phenoxy) is 1. The second kappa shape index (κ2) is 8.68. The van der Waals surface area contributed by atoms with E-state index in [2.05, 4.69) is 5.32 Å². The highest BCUT2D eigenvalue weighted by Crippen LogP contribution is 2.29. The van der Waals surface area contributed by atoms with Gasteiger partial charge in [-0.15, -0.1) is 0 Å². The van der Waals surface area contributed by atoms with E-state index in [1.54, 1.807) is 18.2 Å². The van der Waals surface area contributed by atoms with E-state index >= 15 is 0 Å². The number of hydrogen-bond acceptors (Lipinski definition) is 4. The van der Waals surface area contributed by atoms with E-state index in [0.29, 0.717) is 40.6 Å². The molecule has 0 atom stereocenters. The number of methoxy groups -OCH3 is 1. The van der Waals surface area contributed by atoms with Crippen LogP contribution >= 0.6 is 11.6 Å². The van der Waals surface area contributed by atoms with Gasteiger partial charge in [0.15, 0.2) is 0 Å². The van der Waals surface area contributed by atoms with Gasteiger partial charge in [0.25, 0.3) is 5.56 Å². The van der Waals surface area contributed by atoms with Crippen LogP contribution in [-0.2, 0) is 24.2 Å². The number of nitrogens with one attached hydrogen (secondary N) is 1. The third-order valence-corrected chi connectivity index (χ3v) is 6.34. The molecule has 1 amide bonds. The molecular weight excluding hydrogens is 406 g/mol. The van der Waals surface area contributed by atoms with Crippen LogP contribution in [0.5, 0.6) is 5.75 Å². The zero-order chi connectivity index (χ0) is 21.3. The molecule has 160 valence electrons. The minimum Gasteiger partial charge on any atom is -0.495 e. The molecule has 30 heavy (non-hydrogen) atoms. The van der Waals surface area contributed by atoms with Crippen LogP contribution in [0.15, 0.2) is 27.8 Å². The molecule has 0 radical (unpaired) electrons. The third kappa shape index (κ3) is 3.90. The summed E-state index contributed by atoms with van der Waals surface area (Å²) in [6.07, 6.45) is 6.95. The first-order valence-electron chi connectivity index (χ1n) is 10.5. The summed E-state index contributed by atoms with van der Waals surface area (Å²) in [5, 5.41) is 3.25. The SMILES string of the molecule is COc1ccc(Cl)cc1NC(=O)Cn1c2c(c(=O)n(C3CCCCC3)c1=O)CCC2. The standard InChI is InChI=1S/C22H26ClN3O4/c1-30-19-11-10-14(23)12-17(19)24-20(27)13-25-18-9-5-8-16(18)21(28)26(22(25)29)15-6-3-2-4-7-15/h10-12,15H,2-9,13H2,1H3,(H,24,27). The molecule has 1 fully saturated rings. The van der Waals surface area contributed by atoms with Gasteiger partial charge in [-0.3, -0.25) is 18.7 Å². The van der Waals surface area contributed by atoms with Crippen LogP contribution in [0.1, 0.15) is 55.8 Å². The van der Waals surface area contributed by atoms with Crippen LogP contribution in [0, 0.1) is 0 Å². The lowest BCUT2D eigenvalue weighted by atomic mass is 9.95. The van der Waals surface area contributed by atoms with Gasteiger partial charge in [-0.2, -0.15) is 0 Å². The summed E-state index contributed by atoms with van der Waals surface area (Å²) in [7, 11) is 1.51. The molecular formula is C22H26ClN3O4. The molecule has 1 heterocycles. The first-order chi connectivity index (χ1) is 14.5. The number of halogens is 1. The molecule has 1 saturated carbocycles. The second-order valence-electron chi connectivity index (χ2n) is 8.01. The number of anilines is 1. The Kier molecular flexibility index (Phi) is 5.99. The van der Waals surface area contributed by atoms with Crippen LogP contribution in [0.2, 0.25) is 5.02 Å². The van der Waals surface area contributed by atoms with Crippen LogP contribution in [0.25, 0.3) is 0 Å². The summed E-state index contributed by atoms with van der Waals surface area (Å²) in [6.45, 7) is -0.149. The Morgan fingerprint density at radius 3 is 2.67 bits per heavy atom. The lowest BCUT2D eigenvalue weighted by molar-refractivity contribution is -0.116. The molecule has 0 saturated heterocycles. The van der Waals surface area contributed by atoms with Crippen molar-refractivity contribution in [2.45, 2.75) is 64.0 Å². The first kappa shape index (κ1) is 20.7. The Balaban J connectivity index is 1.68. The van der Waals surface area contributed by atoms with Crippen molar-refractivity contribution in [2.24, 2.45) is 0 Å². The normalized spacial score (nSPS) is 16.3. The van der Waals surface area contributed by atoms with Gasteiger partial charge in [0.1, 0.15) is 12.3 Å². The largest absolute Gasteiger partial charge is 0.495 e. The van der Waals surface area contributed by atoms with E-state index in [0.717, 1.165) is 38.5 Å². The molecule has 2 aliphatic rings. The highest BCUT2D eigenvalue weighted by Gasteiger charge is 2.28. The molecule has 0 bridgehead atoms. The Morgan fingerprint density at radius 1 is 1.17 bits per heavy atom. The maximum atomic E-state index is 13.3. The summed E-state index contributed by atoms with van der Waals surface area (Å²) in [6, 6.07) is 4.87. The highest BCUT2D eigenvalue weighted by molar-refractivity contribution is 6.31. The summed E-state index contributed by atoms with van der Waals surface area (Å²) in [5.74, 6) is 0.123. The van der Waals surface area contributed by atoms with E-state index in [1.807, 2.05) is 0 Å². The number of fused-ring (bicyclic) bond motifs is 1. The van der Waals surface area contributed by atoms with Gasteiger partial charge in [-0.1, -0.05) is 30.9 Å². The second-order valence-corrected chi connectivity index (χ2v) is 8.44. The molecule has 0 spiro atoms. The number of aromatic nitrogens is 2. The fraction of sp³-hybridized carbons (Fsp3) is 0.500. The van der Waals surface area contributed by atoms with E-state index in [9.17, 15) is 14.4 Å². The van der Waals surface area contributed by atoms with E-state index in [1.165, 1.54) is 16.2 Å². The van der Waals surface area contributed by atoms with Crippen LogP contribution < -0.4 is 21.3 Å². The van der Waals surface area contributed by atoms with Gasteiger partial charge in [0, 0.05) is 22.3 Å². The van der Waals surface area contributed by atoms with Crippen molar-refractivity contribution >= 4 is 23.2 Å². The van der Waals surface area contributed by atoms with Crippen LogP contribution in [0.3, 0.4) is 0 Å². The van der Waals surface area contributed by atoms with Gasteiger partial charge in [0.05, 0.1) is 12.8 Å². The summed E-state index contributed by atoms with van der Waals surface area (Å²) in [5.41, 5.74) is 1.30. The Labute approximate surface area is 179 Å². The average molecular weight is 432 g/mol. The molecule has 2 aromatic rings. The summed E-state index contributed by atoms with van der Waals surface area (Å²) >= 11 is 6.04. The summed E-state index contributed by atoms with van der Waals surface area (Å²) in [4.78, 5) is 39.2. The van der Waals surface area contributed by atoms with Crippen LogP contribution in [-0.4, -0.2) is 22.2 Å². The Hall–Kier alpha value is -2.54. The van der Waals surface area contributed by atoms with Crippen molar-refractivity contribution in [1.82, 2.24) is 9.13 Å². The number of benzene rings is 1. The predicted octanol–water partition coefficient (Wildman–Crippen LogP) is 3.30. The van der Waals surface area contributed by atoms with Crippen molar-refractivity contribution in [2.75, 3.05) is 12.4 Å². The molecule has 0 aliphatic heterocycles. The number of hydrogen-bond donors (Lipinski definition) is 1. The number of carbonyl (C=O) groups excluding carboxylic acids is 1. The lowest BCUT2D eigenvalue weighted by Gasteiger charge is -2.25. The van der Waals surface area contributed by atoms with E-state index in [-0.39, 0.29) is 29.7 Å². The quantitative estimate of drug-likeness (QED) is 0.787. The van der Waals surface area contributed by atoms with Gasteiger partial charge in [-0.05, 0) is 50.3 Å². The van der Waals surface area contributed by atoms with Crippen molar-refractivity contribution in [3.63, 3.8) is 0 Å². The van der Waals surface area contributed by atoms with Gasteiger partial charge >= 0.3 is 5.69 Å². The monoisotopic (exact) mass is 431 g/mol. The Morgan fingerprint density at radius 2 is 1.93 bits per heavy atom. The molecule has 1 aromatic carbocycles. The maximum Gasteiger partial charge on any atom is 0.331 e. The van der Waals surface area contributed by atoms with E-state index < -0.39 is 0 Å². The zero-order valence-corrected chi connectivity index (χ0v) is 17.8. The minimum atomic E-state index is -0.374. The van der Waals surface area contributed by atoms with Gasteiger partial charge in [0.2, 0.25) is 5.91 Å². The molecule has 0 unspecified atom stereocenters. The third-order valence-electron chi connectivity index (χ3n) is 6.11. The first-order valence-corrected chi connectivity index (χ1v) is 10.9. The minimum absolute atomic E-state index is 0.0769. The summed E-state index contributed by atoms with van der Waals surface area (Å²) < 4.78 is 8.18. The van der Waals surface area contributed by atoms with Gasteiger partial charge in [-0.25, -0.2) is 4.79 Å². The fourth-order valence-electron chi connectivity index (χ4n) is 4.67. The van der Waals surface area contributed by atoms with Crippen molar-refractivity contribution in [3.05, 3.63) is 55.3 Å². The molecule has 2 aliphatic carbocycles. The smallest absolute Gasteiger partial charge is 0.331 e. The molecule has 1 aromatic heterocycles. The zero-order valence-electron chi connectivity index (χ0n) is 17.1. The van der Waals surface area contributed by atoms with Gasteiger partial charge < -0.3 is 10.1 Å². The number of rotatable bonds is 5. The van der Waals surface area contributed by atoms with E-state index in [4.69, 9.17) is 16.3 Å². The topological polar surface area (TPSA) is 82.3 Å². The molecule has 7 nitrogen and oxygen atoms in total. The van der Waals surface area contributed by atoms with Crippen molar-refractivity contribution in [1.29, 1.82) is 0 Å². The number of amides is 1. The van der Waals surface area contributed by atoms with Crippen LogP contribution in [0.4, 0.5) is 5.69 Å². The maximum absolute atomic E-state index is 13.3. The Bertz CT molecular complexity index is 1080. The average Bonchev–Trinajstić information content (AvgIpc) is 3.22. The fourth-order valence-corrected chi connectivity index (χ4v) is 4.84. The highest BCUT2D eigenvalue weighted by atomic mass is 35.5. The molecule has 1 N–H and O–H groups in total. The molecule has 4 rings (SSSR count). The lowest BCUT2D eigenvalue weighted by Crippen LogP contribution is -2.46. The number of carbonyl (C=O) groups is 1.